The van der Waals surface area contributed by atoms with Crippen molar-refractivity contribution in [2.24, 2.45) is 5.73 Å². The van der Waals surface area contributed by atoms with Gasteiger partial charge in [-0.15, -0.1) is 0 Å². The van der Waals surface area contributed by atoms with Crippen LogP contribution in [0.1, 0.15) is 22.8 Å². The van der Waals surface area contributed by atoms with Crippen LogP contribution in [0.15, 0.2) is 24.5 Å². The molecule has 0 unspecified atom stereocenters. The number of amides is 1. The molecule has 0 aliphatic heterocycles. The molecule has 2 rings (SSSR count). The van der Waals surface area contributed by atoms with Crippen molar-refractivity contribution in [1.82, 2.24) is 14.8 Å². The summed E-state index contributed by atoms with van der Waals surface area (Å²) in [6, 6.07) is 1.75. The van der Waals surface area contributed by atoms with Crippen LogP contribution in [-0.4, -0.2) is 27.2 Å². The van der Waals surface area contributed by atoms with Gasteiger partial charge in [-0.05, 0) is 19.1 Å². The average Bonchev–Trinajstić information content (AvgIpc) is 2.87. The molecule has 0 bridgehead atoms. The molecule has 2 aromatic heterocycles. The molecule has 0 aromatic carbocycles. The monoisotopic (exact) mass is 299 g/mol. The van der Waals surface area contributed by atoms with E-state index in [1.165, 1.54) is 6.20 Å². The number of halogens is 3. The Labute approximate surface area is 117 Å². The molecule has 1 amide bonds. The van der Waals surface area contributed by atoms with Crippen molar-refractivity contribution in [2.45, 2.75) is 13.1 Å². The molecule has 0 spiro atoms. The lowest BCUT2D eigenvalue weighted by Gasteiger charge is -2.11. The fourth-order valence-corrected chi connectivity index (χ4v) is 1.64. The number of anilines is 1. The Morgan fingerprint density at radius 3 is 2.67 bits per heavy atom. The molecule has 3 N–H and O–H groups in total. The lowest BCUT2D eigenvalue weighted by atomic mass is 10.2. The third-order valence-corrected chi connectivity index (χ3v) is 2.60. The Balaban J connectivity index is 2.50. The van der Waals surface area contributed by atoms with Crippen LogP contribution < -0.4 is 11.1 Å². The van der Waals surface area contributed by atoms with Gasteiger partial charge in [0.25, 0.3) is 5.91 Å². The van der Waals surface area contributed by atoms with Gasteiger partial charge >= 0.3 is 6.18 Å². The highest BCUT2D eigenvalue weighted by atomic mass is 19.4. The molecule has 112 valence electrons. The van der Waals surface area contributed by atoms with Crippen LogP contribution in [0.3, 0.4) is 0 Å². The number of nitrogens with zero attached hydrogens (tertiary/aromatic N) is 3. The van der Waals surface area contributed by atoms with Gasteiger partial charge in [-0.2, -0.15) is 18.3 Å². The molecule has 0 aliphatic carbocycles. The van der Waals surface area contributed by atoms with Crippen molar-refractivity contribution in [3.05, 3.63) is 35.7 Å². The summed E-state index contributed by atoms with van der Waals surface area (Å²) in [4.78, 5) is 15.0. The van der Waals surface area contributed by atoms with E-state index in [0.717, 1.165) is 23.0 Å². The van der Waals surface area contributed by atoms with E-state index in [1.807, 2.05) is 0 Å². The number of primary amides is 1. The third-order valence-electron chi connectivity index (χ3n) is 2.60. The molecule has 9 heteroatoms. The predicted molar refractivity (Wildman–Crippen MR) is 69.0 cm³/mol. The highest BCUT2D eigenvalue weighted by Crippen LogP contribution is 2.31. The normalized spacial score (nSPS) is 11.4. The first-order chi connectivity index (χ1) is 9.81. The molecule has 0 saturated heterocycles. The third kappa shape index (κ3) is 3.30. The van der Waals surface area contributed by atoms with E-state index in [-0.39, 0.29) is 17.2 Å². The summed E-state index contributed by atoms with van der Waals surface area (Å²) in [5.74, 6) is -0.716. The fraction of sp³-hybridized carbons (Fsp3) is 0.250. The number of nitrogens with two attached hydrogens (primary N) is 1. The van der Waals surface area contributed by atoms with Crippen molar-refractivity contribution in [3.63, 3.8) is 0 Å². The largest absolute Gasteiger partial charge is 0.416 e. The zero-order valence-electron chi connectivity index (χ0n) is 11.0. The molecule has 21 heavy (non-hydrogen) atoms. The molecule has 0 radical (unpaired) electrons. The number of hydrogen-bond acceptors (Lipinski definition) is 4. The van der Waals surface area contributed by atoms with Crippen LogP contribution in [0.4, 0.5) is 19.0 Å². The summed E-state index contributed by atoms with van der Waals surface area (Å²) in [6.45, 7) is 2.15. The summed E-state index contributed by atoms with van der Waals surface area (Å²) in [5, 5.41) is 6.51. The molecular formula is C12H12F3N5O. The SMILES string of the molecule is CCNc1cc(C(F)(F)F)cc(-n2cc(C(N)=O)cn2)n1. The van der Waals surface area contributed by atoms with E-state index >= 15 is 0 Å². The second-order valence-corrected chi connectivity index (χ2v) is 4.17. The quantitative estimate of drug-likeness (QED) is 0.901. The van der Waals surface area contributed by atoms with Crippen LogP contribution in [0.5, 0.6) is 0 Å². The van der Waals surface area contributed by atoms with Crippen molar-refractivity contribution in [1.29, 1.82) is 0 Å². The number of nitrogens with one attached hydrogen (secondary N) is 1. The van der Waals surface area contributed by atoms with Gasteiger partial charge < -0.3 is 11.1 Å². The van der Waals surface area contributed by atoms with E-state index < -0.39 is 17.6 Å². The number of aromatic nitrogens is 3. The summed E-state index contributed by atoms with van der Waals surface area (Å²) < 4.78 is 39.7. The second kappa shape index (κ2) is 5.43. The Bertz CT molecular complexity index is 665. The summed E-state index contributed by atoms with van der Waals surface area (Å²) >= 11 is 0. The lowest BCUT2D eigenvalue weighted by molar-refractivity contribution is -0.137. The zero-order valence-corrected chi connectivity index (χ0v) is 11.0. The smallest absolute Gasteiger partial charge is 0.370 e. The van der Waals surface area contributed by atoms with Crippen molar-refractivity contribution < 1.29 is 18.0 Å². The van der Waals surface area contributed by atoms with Crippen LogP contribution in [0.25, 0.3) is 5.82 Å². The van der Waals surface area contributed by atoms with E-state index in [4.69, 9.17) is 5.73 Å². The second-order valence-electron chi connectivity index (χ2n) is 4.17. The van der Waals surface area contributed by atoms with Crippen molar-refractivity contribution in [3.8, 4) is 5.82 Å². The molecule has 0 atom stereocenters. The number of pyridine rings is 1. The van der Waals surface area contributed by atoms with E-state index in [0.29, 0.717) is 6.54 Å². The van der Waals surface area contributed by atoms with E-state index in [1.54, 1.807) is 6.92 Å². The number of hydrogen-bond donors (Lipinski definition) is 2. The van der Waals surface area contributed by atoms with Gasteiger partial charge in [-0.25, -0.2) is 9.67 Å². The minimum atomic E-state index is -4.51. The topological polar surface area (TPSA) is 85.8 Å². The van der Waals surface area contributed by atoms with Gasteiger partial charge in [0.05, 0.1) is 17.3 Å². The van der Waals surface area contributed by atoms with Crippen molar-refractivity contribution >= 4 is 11.7 Å². The Kier molecular flexibility index (Phi) is 3.83. The summed E-state index contributed by atoms with van der Waals surface area (Å²) in [7, 11) is 0. The Hall–Kier alpha value is -2.58. The lowest BCUT2D eigenvalue weighted by Crippen LogP contribution is -2.11. The first-order valence-electron chi connectivity index (χ1n) is 5.99. The van der Waals surface area contributed by atoms with Crippen LogP contribution >= 0.6 is 0 Å². The first-order valence-corrected chi connectivity index (χ1v) is 5.99. The van der Waals surface area contributed by atoms with Gasteiger partial charge in [-0.1, -0.05) is 0 Å². The minimum absolute atomic E-state index is 0.0618. The number of carbonyl (C=O) groups excluding carboxylic acids is 1. The Morgan fingerprint density at radius 1 is 1.43 bits per heavy atom. The predicted octanol–water partition coefficient (Wildman–Crippen LogP) is 1.82. The maximum atomic E-state index is 12.9. The van der Waals surface area contributed by atoms with Gasteiger partial charge in [0, 0.05) is 12.7 Å². The molecule has 0 saturated carbocycles. The average molecular weight is 299 g/mol. The van der Waals surface area contributed by atoms with E-state index in [9.17, 15) is 18.0 Å². The fourth-order valence-electron chi connectivity index (χ4n) is 1.64. The van der Waals surface area contributed by atoms with Gasteiger partial charge in [-0.3, -0.25) is 4.79 Å². The number of alkyl halides is 3. The number of rotatable bonds is 4. The molecule has 0 aliphatic rings. The maximum absolute atomic E-state index is 12.9. The minimum Gasteiger partial charge on any atom is -0.370 e. The summed E-state index contributed by atoms with van der Waals surface area (Å²) in [5.41, 5.74) is 4.30. The number of carbonyl (C=O) groups is 1. The van der Waals surface area contributed by atoms with Gasteiger partial charge in [0.2, 0.25) is 0 Å². The molecule has 2 aromatic rings. The Morgan fingerprint density at radius 2 is 2.14 bits per heavy atom. The van der Waals surface area contributed by atoms with Crippen LogP contribution in [0.2, 0.25) is 0 Å². The standard InChI is InChI=1S/C12H12F3N5O/c1-2-17-9-3-8(12(13,14)15)4-10(19-9)20-6-7(5-18-20)11(16)21/h3-6H,2H2,1H3,(H2,16,21)(H,17,19). The molecule has 6 nitrogen and oxygen atoms in total. The van der Waals surface area contributed by atoms with Crippen molar-refractivity contribution in [2.75, 3.05) is 11.9 Å². The van der Waals surface area contributed by atoms with Gasteiger partial charge in [0.1, 0.15) is 5.82 Å². The molecule has 2 heterocycles. The highest BCUT2D eigenvalue weighted by Gasteiger charge is 2.32. The van der Waals surface area contributed by atoms with E-state index in [2.05, 4.69) is 15.4 Å². The molecule has 0 fully saturated rings. The van der Waals surface area contributed by atoms with Gasteiger partial charge in [0.15, 0.2) is 5.82 Å². The summed E-state index contributed by atoms with van der Waals surface area (Å²) in [6.07, 6.45) is -2.13. The maximum Gasteiger partial charge on any atom is 0.416 e. The highest BCUT2D eigenvalue weighted by molar-refractivity contribution is 5.92. The van der Waals surface area contributed by atoms with Crippen LogP contribution in [-0.2, 0) is 6.18 Å². The van der Waals surface area contributed by atoms with Crippen LogP contribution in [0, 0.1) is 0 Å². The molecular weight excluding hydrogens is 287 g/mol. The zero-order chi connectivity index (χ0) is 15.6. The first kappa shape index (κ1) is 14.8.